The van der Waals surface area contributed by atoms with E-state index < -0.39 is 0 Å². The molecule has 0 atom stereocenters. The molecule has 3 heterocycles. The van der Waals surface area contributed by atoms with Gasteiger partial charge in [0.05, 0.1) is 17.6 Å². The Kier molecular flexibility index (Phi) is 5.63. The van der Waals surface area contributed by atoms with E-state index in [9.17, 15) is 0 Å². The van der Waals surface area contributed by atoms with E-state index in [1.165, 1.54) is 11.4 Å². The highest BCUT2D eigenvalue weighted by Crippen LogP contribution is 2.31. The van der Waals surface area contributed by atoms with Crippen molar-refractivity contribution in [2.75, 3.05) is 13.1 Å². The van der Waals surface area contributed by atoms with Crippen LogP contribution in [-0.4, -0.2) is 32.5 Å². The number of hydrogen-bond acceptors (Lipinski definition) is 3. The van der Waals surface area contributed by atoms with E-state index in [2.05, 4.69) is 71.1 Å². The molecule has 4 heteroatoms. The molecule has 31 heavy (non-hydrogen) atoms. The second kappa shape index (κ2) is 8.86. The Morgan fingerprint density at radius 3 is 2.16 bits per heavy atom. The van der Waals surface area contributed by atoms with E-state index in [-0.39, 0.29) is 0 Å². The molecule has 2 aromatic heterocycles. The summed E-state index contributed by atoms with van der Waals surface area (Å²) >= 11 is 0. The van der Waals surface area contributed by atoms with Gasteiger partial charge in [-0.3, -0.25) is 9.88 Å². The van der Waals surface area contributed by atoms with Gasteiger partial charge >= 0.3 is 0 Å². The van der Waals surface area contributed by atoms with Crippen molar-refractivity contribution < 1.29 is 0 Å². The number of nitrogens with zero attached hydrogens (tertiary/aromatic N) is 4. The first kappa shape index (κ1) is 19.7. The Bertz CT molecular complexity index is 1110. The molecule has 4 nitrogen and oxygen atoms in total. The van der Waals surface area contributed by atoms with Crippen LogP contribution in [0.25, 0.3) is 22.5 Å². The minimum Gasteiger partial charge on any atom is -0.331 e. The van der Waals surface area contributed by atoms with Crippen molar-refractivity contribution >= 4 is 0 Å². The molecule has 156 valence electrons. The van der Waals surface area contributed by atoms with Crippen molar-refractivity contribution in [3.63, 3.8) is 0 Å². The average molecular weight is 409 g/mol. The molecule has 1 aliphatic rings. The van der Waals surface area contributed by atoms with Gasteiger partial charge in [0, 0.05) is 36.8 Å². The number of hydrogen-bond donors (Lipinski definition) is 0. The van der Waals surface area contributed by atoms with Gasteiger partial charge in [-0.2, -0.15) is 0 Å². The van der Waals surface area contributed by atoms with E-state index in [1.54, 1.807) is 0 Å². The summed E-state index contributed by atoms with van der Waals surface area (Å²) in [4.78, 5) is 12.1. The normalized spacial score (nSPS) is 15.3. The molecular weight excluding hydrogens is 380 g/mol. The fraction of sp³-hybridized carbons (Fsp3) is 0.259. The molecule has 0 unspecified atom stereocenters. The van der Waals surface area contributed by atoms with Gasteiger partial charge in [0.15, 0.2) is 0 Å². The van der Waals surface area contributed by atoms with Gasteiger partial charge in [-0.25, -0.2) is 4.98 Å². The average Bonchev–Trinajstić information content (AvgIpc) is 3.22. The molecule has 0 amide bonds. The molecule has 0 saturated carbocycles. The third kappa shape index (κ3) is 4.30. The predicted molar refractivity (Wildman–Crippen MR) is 126 cm³/mol. The quantitative estimate of drug-likeness (QED) is 0.435. The lowest BCUT2D eigenvalue weighted by Crippen LogP contribution is -2.33. The van der Waals surface area contributed by atoms with Gasteiger partial charge in [0.1, 0.15) is 5.82 Å². The van der Waals surface area contributed by atoms with Crippen LogP contribution in [0, 0.1) is 0 Å². The molecule has 0 spiro atoms. The molecule has 0 N–H and O–H groups in total. The first-order valence-electron chi connectivity index (χ1n) is 11.1. The second-order valence-corrected chi connectivity index (χ2v) is 8.39. The zero-order chi connectivity index (χ0) is 21.0. The smallest absolute Gasteiger partial charge is 0.112 e. The van der Waals surface area contributed by atoms with Gasteiger partial charge in [-0.05, 0) is 43.6 Å². The van der Waals surface area contributed by atoms with Crippen LogP contribution in [0.15, 0.2) is 85.2 Å². The van der Waals surface area contributed by atoms with Crippen molar-refractivity contribution in [1.82, 2.24) is 19.4 Å². The molecule has 1 saturated heterocycles. The summed E-state index contributed by atoms with van der Waals surface area (Å²) in [6.45, 7) is 3.28. The first-order chi connectivity index (χ1) is 15.3. The second-order valence-electron chi connectivity index (χ2n) is 8.39. The summed E-state index contributed by atoms with van der Waals surface area (Å²) in [5, 5.41) is 0. The topological polar surface area (TPSA) is 34.0 Å². The molecular formula is C27H28N4. The maximum atomic E-state index is 4.82. The lowest BCUT2D eigenvalue weighted by Gasteiger charge is -2.31. The van der Waals surface area contributed by atoms with E-state index >= 15 is 0 Å². The first-order valence-corrected chi connectivity index (χ1v) is 11.1. The van der Waals surface area contributed by atoms with E-state index in [1.807, 2.05) is 30.6 Å². The van der Waals surface area contributed by atoms with Gasteiger partial charge in [0.2, 0.25) is 0 Å². The number of benzene rings is 2. The maximum Gasteiger partial charge on any atom is 0.112 e. The van der Waals surface area contributed by atoms with Crippen molar-refractivity contribution in [2.24, 2.45) is 7.05 Å². The summed E-state index contributed by atoms with van der Waals surface area (Å²) in [6, 6.07) is 25.3. The Hall–Kier alpha value is -3.24. The number of piperidine rings is 1. The van der Waals surface area contributed by atoms with Crippen LogP contribution in [0.2, 0.25) is 0 Å². The molecule has 0 radical (unpaired) electrons. The third-order valence-corrected chi connectivity index (χ3v) is 6.35. The van der Waals surface area contributed by atoms with Crippen LogP contribution in [0.3, 0.4) is 0 Å². The van der Waals surface area contributed by atoms with E-state index in [4.69, 9.17) is 9.97 Å². The summed E-state index contributed by atoms with van der Waals surface area (Å²) in [5.74, 6) is 1.71. The lowest BCUT2D eigenvalue weighted by atomic mass is 9.95. The molecule has 0 bridgehead atoms. The van der Waals surface area contributed by atoms with Crippen LogP contribution >= 0.6 is 0 Å². The lowest BCUT2D eigenvalue weighted by molar-refractivity contribution is 0.200. The fourth-order valence-electron chi connectivity index (χ4n) is 4.59. The highest BCUT2D eigenvalue weighted by molar-refractivity contribution is 5.64. The van der Waals surface area contributed by atoms with Crippen LogP contribution in [-0.2, 0) is 13.6 Å². The largest absolute Gasteiger partial charge is 0.331 e. The minimum atomic E-state index is 0.516. The minimum absolute atomic E-state index is 0.516. The molecule has 2 aromatic carbocycles. The predicted octanol–water partition coefficient (Wildman–Crippen LogP) is 5.53. The van der Waals surface area contributed by atoms with E-state index in [0.717, 1.165) is 55.0 Å². The zero-order valence-corrected chi connectivity index (χ0v) is 18.0. The molecule has 1 aliphatic heterocycles. The number of likely N-dealkylation sites (tertiary alicyclic amines) is 1. The van der Waals surface area contributed by atoms with Gasteiger partial charge in [0.25, 0.3) is 0 Å². The zero-order valence-electron chi connectivity index (χ0n) is 18.0. The van der Waals surface area contributed by atoms with Gasteiger partial charge < -0.3 is 4.57 Å². The van der Waals surface area contributed by atoms with Crippen molar-refractivity contribution in [3.05, 3.63) is 96.6 Å². The molecule has 1 fully saturated rings. The number of imidazole rings is 1. The molecule has 5 rings (SSSR count). The molecule has 0 aliphatic carbocycles. The summed E-state index contributed by atoms with van der Waals surface area (Å²) in [5.41, 5.74) is 5.78. The number of aromatic nitrogens is 3. The van der Waals surface area contributed by atoms with E-state index in [0.29, 0.717) is 5.92 Å². The van der Waals surface area contributed by atoms with Crippen molar-refractivity contribution in [2.45, 2.75) is 25.3 Å². The number of rotatable bonds is 5. The third-order valence-electron chi connectivity index (χ3n) is 6.35. The summed E-state index contributed by atoms with van der Waals surface area (Å²) < 4.78 is 2.26. The standard InChI is InChI=1S/C27H28N4/c1-30-26(24-12-13-25(28-18-24)22-10-6-3-7-11-22)19-29-27(30)23-14-16-31(17-15-23)20-21-8-4-2-5-9-21/h2-13,18-19,23H,14-17,20H2,1H3. The fourth-order valence-corrected chi connectivity index (χ4v) is 4.59. The number of pyridine rings is 1. The van der Waals surface area contributed by atoms with Crippen LogP contribution < -0.4 is 0 Å². The Morgan fingerprint density at radius 1 is 0.774 bits per heavy atom. The Labute approximate surface area is 184 Å². The van der Waals surface area contributed by atoms with Crippen LogP contribution in [0.1, 0.15) is 30.1 Å². The SMILES string of the molecule is Cn1c(-c2ccc(-c3ccccc3)nc2)cnc1C1CCN(Cc2ccccc2)CC1. The monoisotopic (exact) mass is 408 g/mol. The Morgan fingerprint density at radius 2 is 1.48 bits per heavy atom. The highest BCUT2D eigenvalue weighted by Gasteiger charge is 2.24. The van der Waals surface area contributed by atoms with Crippen molar-refractivity contribution in [1.29, 1.82) is 0 Å². The maximum absolute atomic E-state index is 4.82. The van der Waals surface area contributed by atoms with Crippen LogP contribution in [0.4, 0.5) is 0 Å². The summed E-state index contributed by atoms with van der Waals surface area (Å²) in [6.07, 6.45) is 6.28. The van der Waals surface area contributed by atoms with Gasteiger partial charge in [-0.15, -0.1) is 0 Å². The van der Waals surface area contributed by atoms with Crippen LogP contribution in [0.5, 0.6) is 0 Å². The molecule has 4 aromatic rings. The highest BCUT2D eigenvalue weighted by atomic mass is 15.1. The summed E-state index contributed by atoms with van der Waals surface area (Å²) in [7, 11) is 2.14. The Balaban J connectivity index is 1.26. The van der Waals surface area contributed by atoms with Gasteiger partial charge in [-0.1, -0.05) is 60.7 Å². The van der Waals surface area contributed by atoms with Crippen molar-refractivity contribution in [3.8, 4) is 22.5 Å².